The van der Waals surface area contributed by atoms with Gasteiger partial charge in [-0.05, 0) is 48.3 Å². The Morgan fingerprint density at radius 3 is 0.848 bits per heavy atom. The maximum atomic E-state index is 8.94. The third kappa shape index (κ3) is 23.5. The molecule has 0 aliphatic carbocycles. The molecule has 0 heterocycles. The lowest BCUT2D eigenvalue weighted by atomic mass is 9.90. The van der Waals surface area contributed by atoms with Crippen LogP contribution in [0.5, 0.6) is 0 Å². The highest BCUT2D eigenvalue weighted by molar-refractivity contribution is 4.62. The Kier molecular flexibility index (Phi) is 22.4. The summed E-state index contributed by atoms with van der Waals surface area (Å²) in [6.07, 6.45) is 24.9. The Labute approximate surface area is 211 Å². The van der Waals surface area contributed by atoms with Crippen LogP contribution in [-0.2, 0) is 0 Å². The van der Waals surface area contributed by atoms with E-state index in [0.29, 0.717) is 6.61 Å². The van der Waals surface area contributed by atoms with Crippen molar-refractivity contribution in [1.29, 1.82) is 0 Å². The van der Waals surface area contributed by atoms with Crippen molar-refractivity contribution in [2.75, 3.05) is 6.61 Å². The fourth-order valence-electron chi connectivity index (χ4n) is 5.47. The molecule has 1 nitrogen and oxygen atoms in total. The smallest absolute Gasteiger partial charge is 0.0431 e. The van der Waals surface area contributed by atoms with E-state index in [1.54, 1.807) is 0 Å². The Hall–Kier alpha value is -0.0400. The van der Waals surface area contributed by atoms with Crippen molar-refractivity contribution in [1.82, 2.24) is 0 Å². The third-order valence-electron chi connectivity index (χ3n) is 8.16. The predicted molar refractivity (Wildman–Crippen MR) is 151 cm³/mol. The molecule has 0 saturated heterocycles. The molecule has 33 heavy (non-hydrogen) atoms. The van der Waals surface area contributed by atoms with Crippen molar-refractivity contribution < 1.29 is 5.11 Å². The zero-order valence-electron chi connectivity index (χ0n) is 24.3. The van der Waals surface area contributed by atoms with Gasteiger partial charge in [-0.2, -0.15) is 0 Å². The van der Waals surface area contributed by atoms with Gasteiger partial charge in [-0.3, -0.25) is 0 Å². The predicted octanol–water partition coefficient (Wildman–Crippen LogP) is 10.8. The first-order valence-electron chi connectivity index (χ1n) is 15.3. The van der Waals surface area contributed by atoms with Gasteiger partial charge in [0.25, 0.3) is 0 Å². The third-order valence-corrected chi connectivity index (χ3v) is 8.16. The van der Waals surface area contributed by atoms with Crippen LogP contribution in [0.25, 0.3) is 0 Å². The van der Waals surface area contributed by atoms with Crippen molar-refractivity contribution in [2.45, 2.75) is 164 Å². The molecule has 200 valence electrons. The van der Waals surface area contributed by atoms with Crippen molar-refractivity contribution in [3.63, 3.8) is 0 Å². The SMILES string of the molecule is CC(C)CCCC(C)CCCC(C)CCCCC(C)CCCC(C)CCCC(C)CCCO. The zero-order valence-corrected chi connectivity index (χ0v) is 24.3. The second-order valence-corrected chi connectivity index (χ2v) is 12.8. The maximum Gasteiger partial charge on any atom is 0.0431 e. The summed E-state index contributed by atoms with van der Waals surface area (Å²) < 4.78 is 0. The van der Waals surface area contributed by atoms with Gasteiger partial charge in [-0.15, -0.1) is 0 Å². The molecule has 0 aliphatic heterocycles. The molecule has 0 amide bonds. The number of hydrogen-bond donors (Lipinski definition) is 1. The first-order chi connectivity index (χ1) is 15.7. The van der Waals surface area contributed by atoms with Crippen LogP contribution < -0.4 is 0 Å². The first-order valence-corrected chi connectivity index (χ1v) is 15.3. The largest absolute Gasteiger partial charge is 0.396 e. The van der Waals surface area contributed by atoms with E-state index in [9.17, 15) is 0 Å². The highest BCUT2D eigenvalue weighted by Crippen LogP contribution is 2.24. The van der Waals surface area contributed by atoms with Gasteiger partial charge in [0.05, 0.1) is 0 Å². The number of unbranched alkanes of at least 4 members (excludes halogenated alkanes) is 1. The van der Waals surface area contributed by atoms with E-state index in [-0.39, 0.29) is 0 Å². The molecule has 0 rings (SSSR count). The molecule has 0 spiro atoms. The van der Waals surface area contributed by atoms with E-state index in [2.05, 4.69) is 48.5 Å². The van der Waals surface area contributed by atoms with Crippen LogP contribution >= 0.6 is 0 Å². The van der Waals surface area contributed by atoms with Crippen molar-refractivity contribution >= 4 is 0 Å². The number of rotatable bonds is 24. The summed E-state index contributed by atoms with van der Waals surface area (Å²) in [7, 11) is 0. The Morgan fingerprint density at radius 1 is 0.333 bits per heavy atom. The van der Waals surface area contributed by atoms with Gasteiger partial charge in [0.15, 0.2) is 0 Å². The molecule has 5 atom stereocenters. The average molecular weight is 467 g/mol. The van der Waals surface area contributed by atoms with Gasteiger partial charge in [-0.1, -0.05) is 151 Å². The minimum atomic E-state index is 0.357. The van der Waals surface area contributed by atoms with E-state index < -0.39 is 0 Å². The van der Waals surface area contributed by atoms with E-state index in [0.717, 1.165) is 41.9 Å². The molecule has 5 unspecified atom stereocenters. The highest BCUT2D eigenvalue weighted by Gasteiger charge is 2.09. The van der Waals surface area contributed by atoms with Gasteiger partial charge < -0.3 is 5.11 Å². The Morgan fingerprint density at radius 2 is 0.576 bits per heavy atom. The number of hydrogen-bond acceptors (Lipinski definition) is 1. The van der Waals surface area contributed by atoms with Crippen LogP contribution in [0.3, 0.4) is 0 Å². The van der Waals surface area contributed by atoms with Crippen LogP contribution in [0.1, 0.15) is 164 Å². The topological polar surface area (TPSA) is 20.2 Å². The normalized spacial score (nSPS) is 16.6. The van der Waals surface area contributed by atoms with E-state index in [1.165, 1.54) is 109 Å². The summed E-state index contributed by atoms with van der Waals surface area (Å²) in [6.45, 7) is 17.3. The first kappa shape index (κ1) is 33.0. The second kappa shape index (κ2) is 22.4. The summed E-state index contributed by atoms with van der Waals surface area (Å²) in [6, 6.07) is 0. The molecule has 0 radical (unpaired) electrons. The van der Waals surface area contributed by atoms with Gasteiger partial charge in [0.2, 0.25) is 0 Å². The molecule has 0 aromatic carbocycles. The zero-order chi connectivity index (χ0) is 24.9. The Bertz CT molecular complexity index is 390. The molecule has 1 heteroatoms. The van der Waals surface area contributed by atoms with E-state index in [4.69, 9.17) is 5.11 Å². The molecule has 0 bridgehead atoms. The van der Waals surface area contributed by atoms with E-state index in [1.807, 2.05) is 0 Å². The van der Waals surface area contributed by atoms with E-state index >= 15 is 0 Å². The lowest BCUT2D eigenvalue weighted by molar-refractivity contribution is 0.269. The molecule has 0 aliphatic rings. The lowest BCUT2D eigenvalue weighted by Gasteiger charge is -2.17. The lowest BCUT2D eigenvalue weighted by Crippen LogP contribution is -2.02. The Balaban J connectivity index is 3.57. The van der Waals surface area contributed by atoms with Crippen LogP contribution in [0, 0.1) is 35.5 Å². The van der Waals surface area contributed by atoms with Crippen molar-refractivity contribution in [2.24, 2.45) is 35.5 Å². The fourth-order valence-corrected chi connectivity index (χ4v) is 5.47. The summed E-state index contributed by atoms with van der Waals surface area (Å²) in [5, 5.41) is 8.94. The van der Waals surface area contributed by atoms with Gasteiger partial charge >= 0.3 is 0 Å². The maximum absolute atomic E-state index is 8.94. The molecular weight excluding hydrogens is 400 g/mol. The fraction of sp³-hybridized carbons (Fsp3) is 1.00. The molecule has 0 aromatic rings. The summed E-state index contributed by atoms with van der Waals surface area (Å²) in [5.41, 5.74) is 0. The van der Waals surface area contributed by atoms with Gasteiger partial charge in [0.1, 0.15) is 0 Å². The summed E-state index contributed by atoms with van der Waals surface area (Å²) >= 11 is 0. The van der Waals surface area contributed by atoms with Gasteiger partial charge in [0, 0.05) is 6.61 Å². The second-order valence-electron chi connectivity index (χ2n) is 12.8. The van der Waals surface area contributed by atoms with Crippen molar-refractivity contribution in [3.05, 3.63) is 0 Å². The van der Waals surface area contributed by atoms with Crippen LogP contribution in [0.4, 0.5) is 0 Å². The summed E-state index contributed by atoms with van der Waals surface area (Å²) in [5.74, 6) is 5.32. The average Bonchev–Trinajstić information content (AvgIpc) is 2.75. The monoisotopic (exact) mass is 467 g/mol. The minimum absolute atomic E-state index is 0.357. The molecule has 0 fully saturated rings. The molecule has 1 N–H and O–H groups in total. The summed E-state index contributed by atoms with van der Waals surface area (Å²) in [4.78, 5) is 0. The van der Waals surface area contributed by atoms with Crippen LogP contribution in [0.2, 0.25) is 0 Å². The quantitative estimate of drug-likeness (QED) is 0.140. The van der Waals surface area contributed by atoms with Gasteiger partial charge in [-0.25, -0.2) is 0 Å². The minimum Gasteiger partial charge on any atom is -0.396 e. The van der Waals surface area contributed by atoms with Crippen LogP contribution in [-0.4, -0.2) is 11.7 Å². The highest BCUT2D eigenvalue weighted by atomic mass is 16.2. The van der Waals surface area contributed by atoms with Crippen molar-refractivity contribution in [3.8, 4) is 0 Å². The number of aliphatic hydroxyl groups is 1. The molecular formula is C32H66O. The molecule has 0 saturated carbocycles. The standard InChI is InChI=1S/C32H66O/c1-27(2)15-10-18-30(5)21-11-19-28(3)16-8-9-17-29(4)20-12-22-31(6)23-13-24-32(7)25-14-26-33/h27-33H,8-26H2,1-7H3. The van der Waals surface area contributed by atoms with Crippen LogP contribution in [0.15, 0.2) is 0 Å². The molecule has 0 aromatic heterocycles. The number of aliphatic hydroxyl groups excluding tert-OH is 1.